The van der Waals surface area contributed by atoms with Crippen LogP contribution >= 0.6 is 0 Å². The van der Waals surface area contributed by atoms with Crippen LogP contribution in [0.15, 0.2) is 18.2 Å². The minimum atomic E-state index is 0.777. The molecule has 1 aromatic carbocycles. The normalized spacial score (nSPS) is 14.9. The lowest BCUT2D eigenvalue weighted by Gasteiger charge is -2.16. The molecular weight excluding hydrogens is 210 g/mol. The lowest BCUT2D eigenvalue weighted by molar-refractivity contribution is 0.262. The van der Waals surface area contributed by atoms with E-state index in [1.807, 2.05) is 12.1 Å². The standard InChI is InChI=1S/C14H19N3/c1-16(2)6-3-7-17-10-13-5-4-12(9-15)8-14(13)11-17/h4-5,8H,3,6-7,10-11H2,1-2H3. The van der Waals surface area contributed by atoms with Gasteiger partial charge in [-0.25, -0.2) is 0 Å². The van der Waals surface area contributed by atoms with E-state index in [1.165, 1.54) is 17.5 Å². The maximum atomic E-state index is 8.87. The van der Waals surface area contributed by atoms with Crippen molar-refractivity contribution in [2.24, 2.45) is 0 Å². The van der Waals surface area contributed by atoms with Crippen LogP contribution in [0.25, 0.3) is 0 Å². The quantitative estimate of drug-likeness (QED) is 0.789. The molecule has 1 heterocycles. The van der Waals surface area contributed by atoms with E-state index in [4.69, 9.17) is 5.26 Å². The fraction of sp³-hybridized carbons (Fsp3) is 0.500. The minimum Gasteiger partial charge on any atom is -0.309 e. The van der Waals surface area contributed by atoms with Crippen molar-refractivity contribution < 1.29 is 0 Å². The lowest BCUT2D eigenvalue weighted by atomic mass is 10.1. The van der Waals surface area contributed by atoms with Crippen LogP contribution < -0.4 is 0 Å². The van der Waals surface area contributed by atoms with Gasteiger partial charge in [0.25, 0.3) is 0 Å². The Kier molecular flexibility index (Phi) is 3.78. The molecule has 0 amide bonds. The van der Waals surface area contributed by atoms with E-state index >= 15 is 0 Å². The van der Waals surface area contributed by atoms with Crippen molar-refractivity contribution in [2.45, 2.75) is 19.5 Å². The van der Waals surface area contributed by atoms with Gasteiger partial charge in [-0.2, -0.15) is 5.26 Å². The second-order valence-electron chi connectivity index (χ2n) is 4.96. The van der Waals surface area contributed by atoms with Crippen LogP contribution in [0.4, 0.5) is 0 Å². The maximum absolute atomic E-state index is 8.87. The Bertz CT molecular complexity index is 432. The summed E-state index contributed by atoms with van der Waals surface area (Å²) in [5.74, 6) is 0. The van der Waals surface area contributed by atoms with Crippen LogP contribution in [0.3, 0.4) is 0 Å². The van der Waals surface area contributed by atoms with Crippen LogP contribution in [0.2, 0.25) is 0 Å². The van der Waals surface area contributed by atoms with Crippen LogP contribution in [-0.2, 0) is 13.1 Å². The van der Waals surface area contributed by atoms with Crippen molar-refractivity contribution in [3.8, 4) is 6.07 Å². The molecule has 0 bridgehead atoms. The number of hydrogen-bond acceptors (Lipinski definition) is 3. The zero-order chi connectivity index (χ0) is 12.3. The smallest absolute Gasteiger partial charge is 0.0991 e. The average Bonchev–Trinajstić information content (AvgIpc) is 2.69. The molecule has 0 radical (unpaired) electrons. The summed E-state index contributed by atoms with van der Waals surface area (Å²) in [4.78, 5) is 4.67. The van der Waals surface area contributed by atoms with Gasteiger partial charge in [0.2, 0.25) is 0 Å². The van der Waals surface area contributed by atoms with Crippen molar-refractivity contribution in [3.05, 3.63) is 34.9 Å². The van der Waals surface area contributed by atoms with Crippen molar-refractivity contribution in [3.63, 3.8) is 0 Å². The van der Waals surface area contributed by atoms with Gasteiger partial charge in [0, 0.05) is 19.6 Å². The zero-order valence-corrected chi connectivity index (χ0v) is 10.6. The Labute approximate surface area is 103 Å². The molecule has 0 unspecified atom stereocenters. The van der Waals surface area contributed by atoms with Gasteiger partial charge in [0.1, 0.15) is 0 Å². The zero-order valence-electron chi connectivity index (χ0n) is 10.6. The highest BCUT2D eigenvalue weighted by Crippen LogP contribution is 2.23. The molecule has 0 saturated carbocycles. The van der Waals surface area contributed by atoms with Crippen molar-refractivity contribution in [1.29, 1.82) is 5.26 Å². The SMILES string of the molecule is CN(C)CCCN1Cc2ccc(C#N)cc2C1. The van der Waals surface area contributed by atoms with Gasteiger partial charge in [-0.1, -0.05) is 6.07 Å². The third-order valence-corrected chi connectivity index (χ3v) is 3.20. The number of fused-ring (bicyclic) bond motifs is 1. The monoisotopic (exact) mass is 229 g/mol. The van der Waals surface area contributed by atoms with Gasteiger partial charge in [-0.3, -0.25) is 4.90 Å². The van der Waals surface area contributed by atoms with Gasteiger partial charge in [-0.15, -0.1) is 0 Å². The van der Waals surface area contributed by atoms with E-state index in [2.05, 4.69) is 36.0 Å². The summed E-state index contributed by atoms with van der Waals surface area (Å²) < 4.78 is 0. The Morgan fingerprint density at radius 1 is 1.29 bits per heavy atom. The molecule has 0 atom stereocenters. The summed E-state index contributed by atoms with van der Waals surface area (Å²) in [6.45, 7) is 4.30. The van der Waals surface area contributed by atoms with Gasteiger partial charge in [0.15, 0.2) is 0 Å². The highest BCUT2D eigenvalue weighted by atomic mass is 15.1. The van der Waals surface area contributed by atoms with Crippen LogP contribution in [0.5, 0.6) is 0 Å². The van der Waals surface area contributed by atoms with Crippen LogP contribution in [0.1, 0.15) is 23.1 Å². The molecule has 1 aliphatic heterocycles. The van der Waals surface area contributed by atoms with Gasteiger partial charge in [0.05, 0.1) is 11.6 Å². The summed E-state index contributed by atoms with van der Waals surface area (Å²) in [5, 5.41) is 8.87. The third kappa shape index (κ3) is 3.06. The van der Waals surface area contributed by atoms with Gasteiger partial charge in [-0.05, 0) is 50.3 Å². The molecule has 0 saturated heterocycles. The second-order valence-corrected chi connectivity index (χ2v) is 4.96. The summed E-state index contributed by atoms with van der Waals surface area (Å²) in [6.07, 6.45) is 1.20. The van der Waals surface area contributed by atoms with E-state index in [0.717, 1.165) is 31.7 Å². The maximum Gasteiger partial charge on any atom is 0.0991 e. The molecule has 1 aliphatic rings. The average molecular weight is 229 g/mol. The topological polar surface area (TPSA) is 30.3 Å². The Morgan fingerprint density at radius 3 is 2.76 bits per heavy atom. The van der Waals surface area contributed by atoms with Gasteiger partial charge < -0.3 is 4.90 Å². The number of hydrogen-bond donors (Lipinski definition) is 0. The van der Waals surface area contributed by atoms with E-state index in [-0.39, 0.29) is 0 Å². The molecular formula is C14H19N3. The van der Waals surface area contributed by atoms with Crippen LogP contribution in [-0.4, -0.2) is 37.0 Å². The molecule has 0 spiro atoms. The predicted octanol–water partition coefficient (Wildman–Crippen LogP) is 1.83. The molecule has 3 nitrogen and oxygen atoms in total. The number of nitrogens with zero attached hydrogens (tertiary/aromatic N) is 3. The summed E-state index contributed by atoms with van der Waals surface area (Å²) >= 11 is 0. The number of nitriles is 1. The fourth-order valence-corrected chi connectivity index (χ4v) is 2.30. The molecule has 3 heteroatoms. The van der Waals surface area contributed by atoms with Gasteiger partial charge >= 0.3 is 0 Å². The van der Waals surface area contributed by atoms with Crippen molar-refractivity contribution >= 4 is 0 Å². The van der Waals surface area contributed by atoms with Crippen molar-refractivity contribution in [2.75, 3.05) is 27.2 Å². The molecule has 0 N–H and O–H groups in total. The minimum absolute atomic E-state index is 0.777. The molecule has 17 heavy (non-hydrogen) atoms. The van der Waals surface area contributed by atoms with E-state index < -0.39 is 0 Å². The third-order valence-electron chi connectivity index (χ3n) is 3.20. The Morgan fingerprint density at radius 2 is 2.06 bits per heavy atom. The van der Waals surface area contributed by atoms with E-state index in [9.17, 15) is 0 Å². The molecule has 0 aliphatic carbocycles. The summed E-state index contributed by atoms with van der Waals surface area (Å²) in [5.41, 5.74) is 3.49. The Hall–Kier alpha value is -1.37. The molecule has 0 aromatic heterocycles. The number of rotatable bonds is 4. The first-order chi connectivity index (χ1) is 8.19. The number of benzene rings is 1. The highest BCUT2D eigenvalue weighted by Gasteiger charge is 2.18. The molecule has 2 rings (SSSR count). The van der Waals surface area contributed by atoms with Crippen LogP contribution in [0, 0.1) is 11.3 Å². The molecule has 0 fully saturated rings. The first-order valence-electron chi connectivity index (χ1n) is 6.08. The van der Waals surface area contributed by atoms with Crippen molar-refractivity contribution in [1.82, 2.24) is 9.80 Å². The summed E-state index contributed by atoms with van der Waals surface area (Å²) in [7, 11) is 4.22. The summed E-state index contributed by atoms with van der Waals surface area (Å²) in [6, 6.07) is 8.25. The largest absolute Gasteiger partial charge is 0.309 e. The molecule has 1 aromatic rings. The first kappa shape index (κ1) is 12.1. The second kappa shape index (κ2) is 5.31. The predicted molar refractivity (Wildman–Crippen MR) is 68.4 cm³/mol. The highest BCUT2D eigenvalue weighted by molar-refractivity contribution is 5.39. The Balaban J connectivity index is 1.90. The fourth-order valence-electron chi connectivity index (χ4n) is 2.30. The molecule has 90 valence electrons. The lowest BCUT2D eigenvalue weighted by Crippen LogP contribution is -2.22. The van der Waals surface area contributed by atoms with E-state index in [1.54, 1.807) is 0 Å². The first-order valence-corrected chi connectivity index (χ1v) is 6.08. The van der Waals surface area contributed by atoms with E-state index in [0.29, 0.717) is 0 Å².